The summed E-state index contributed by atoms with van der Waals surface area (Å²) in [5.41, 5.74) is 5.33. The van der Waals surface area contributed by atoms with E-state index in [0.29, 0.717) is 18.9 Å². The van der Waals surface area contributed by atoms with Gasteiger partial charge in [0.15, 0.2) is 0 Å². The normalized spacial score (nSPS) is 16.8. The maximum Gasteiger partial charge on any atom is 0.0944 e. The molecule has 0 aromatic carbocycles. The molecule has 0 fully saturated rings. The number of halogens is 1. The Morgan fingerprint density at radius 2 is 2.20 bits per heavy atom. The van der Waals surface area contributed by atoms with Crippen molar-refractivity contribution in [1.82, 2.24) is 0 Å². The lowest BCUT2D eigenvalue weighted by Gasteiger charge is -2.13. The first kappa shape index (κ1) is 9.85. The number of nitrogens with two attached hydrogens (primary N) is 1. The summed E-state index contributed by atoms with van der Waals surface area (Å²) in [6, 6.07) is 0. The topological polar surface area (TPSA) is 46.2 Å². The Bertz CT molecular complexity index is 76.0. The highest BCUT2D eigenvalue weighted by atomic mass is 19.1. The Labute approximate surface area is 61.2 Å². The summed E-state index contributed by atoms with van der Waals surface area (Å²) in [5.74, 6) is 0.103. The molecule has 2 unspecified atom stereocenters. The van der Waals surface area contributed by atoms with Gasteiger partial charge in [0.2, 0.25) is 0 Å². The van der Waals surface area contributed by atoms with Crippen molar-refractivity contribution in [3.05, 3.63) is 0 Å². The van der Waals surface area contributed by atoms with Crippen LogP contribution in [0, 0.1) is 11.8 Å². The minimum atomic E-state index is -0.444. The average molecular weight is 149 g/mol. The Morgan fingerprint density at radius 1 is 1.60 bits per heavy atom. The Kier molecular flexibility index (Phi) is 5.54. The largest absolute Gasteiger partial charge is 0.396 e. The van der Waals surface area contributed by atoms with Gasteiger partial charge in [0.05, 0.1) is 6.67 Å². The molecule has 0 rings (SSSR count). The Hall–Kier alpha value is -0.150. The molecule has 0 saturated heterocycles. The number of hydrogen-bond donors (Lipinski definition) is 2. The van der Waals surface area contributed by atoms with Gasteiger partial charge in [-0.3, -0.25) is 4.39 Å². The zero-order chi connectivity index (χ0) is 7.98. The van der Waals surface area contributed by atoms with Crippen molar-refractivity contribution < 1.29 is 9.50 Å². The third-order valence-electron chi connectivity index (χ3n) is 1.61. The van der Waals surface area contributed by atoms with Crippen LogP contribution in [0.1, 0.15) is 13.3 Å². The molecule has 10 heavy (non-hydrogen) atoms. The third kappa shape index (κ3) is 3.80. The maximum absolute atomic E-state index is 12.0. The van der Waals surface area contributed by atoms with Gasteiger partial charge in [0.1, 0.15) is 0 Å². The smallest absolute Gasteiger partial charge is 0.0944 e. The van der Waals surface area contributed by atoms with Crippen LogP contribution in [0.4, 0.5) is 4.39 Å². The molecule has 0 amide bonds. The molecule has 0 aromatic heterocycles. The van der Waals surface area contributed by atoms with E-state index in [1.54, 1.807) is 0 Å². The lowest BCUT2D eigenvalue weighted by atomic mass is 9.98. The summed E-state index contributed by atoms with van der Waals surface area (Å²) in [6.45, 7) is 2.01. The van der Waals surface area contributed by atoms with Crippen LogP contribution in [0.3, 0.4) is 0 Å². The first-order valence-electron chi connectivity index (χ1n) is 3.61. The van der Waals surface area contributed by atoms with Gasteiger partial charge in [-0.25, -0.2) is 0 Å². The van der Waals surface area contributed by atoms with Gasteiger partial charge in [0, 0.05) is 12.5 Å². The van der Waals surface area contributed by atoms with Gasteiger partial charge in [-0.1, -0.05) is 6.92 Å². The second-order valence-corrected chi connectivity index (χ2v) is 2.78. The van der Waals surface area contributed by atoms with Crippen molar-refractivity contribution in [3.63, 3.8) is 0 Å². The fraction of sp³-hybridized carbons (Fsp3) is 1.00. The van der Waals surface area contributed by atoms with Crippen molar-refractivity contribution in [2.45, 2.75) is 13.3 Å². The molecule has 2 atom stereocenters. The molecule has 0 aliphatic heterocycles. The molecular weight excluding hydrogens is 133 g/mol. The van der Waals surface area contributed by atoms with Crippen molar-refractivity contribution in [2.24, 2.45) is 17.6 Å². The van der Waals surface area contributed by atoms with Crippen LogP contribution in [-0.2, 0) is 0 Å². The van der Waals surface area contributed by atoms with Crippen molar-refractivity contribution in [1.29, 1.82) is 0 Å². The molecule has 3 heteroatoms. The van der Waals surface area contributed by atoms with E-state index in [4.69, 9.17) is 10.8 Å². The summed E-state index contributed by atoms with van der Waals surface area (Å²) < 4.78 is 12.0. The molecular formula is C7H16FNO. The van der Waals surface area contributed by atoms with Gasteiger partial charge < -0.3 is 10.8 Å². The molecule has 0 heterocycles. The quantitative estimate of drug-likeness (QED) is 0.599. The SMILES string of the molecule is CC(CN)CC(CO)CF. The fourth-order valence-corrected chi connectivity index (χ4v) is 0.852. The number of hydrogen-bond acceptors (Lipinski definition) is 2. The molecule has 0 aromatic rings. The van der Waals surface area contributed by atoms with Gasteiger partial charge in [-0.2, -0.15) is 0 Å². The van der Waals surface area contributed by atoms with E-state index in [0.717, 1.165) is 0 Å². The van der Waals surface area contributed by atoms with Crippen molar-refractivity contribution >= 4 is 0 Å². The van der Waals surface area contributed by atoms with Gasteiger partial charge in [0.25, 0.3) is 0 Å². The molecule has 3 N–H and O–H groups in total. The van der Waals surface area contributed by atoms with Crippen LogP contribution in [0.15, 0.2) is 0 Å². The molecule has 62 valence electrons. The summed E-state index contributed by atoms with van der Waals surface area (Å²) in [7, 11) is 0. The average Bonchev–Trinajstić information content (AvgIpc) is 1.99. The zero-order valence-corrected chi connectivity index (χ0v) is 6.39. The second kappa shape index (κ2) is 5.62. The minimum Gasteiger partial charge on any atom is -0.396 e. The van der Waals surface area contributed by atoms with E-state index in [1.165, 1.54) is 0 Å². The van der Waals surface area contributed by atoms with E-state index in [2.05, 4.69) is 0 Å². The van der Waals surface area contributed by atoms with Gasteiger partial charge in [-0.05, 0) is 18.9 Å². The third-order valence-corrected chi connectivity index (χ3v) is 1.61. The van der Waals surface area contributed by atoms with Crippen LogP contribution in [0.5, 0.6) is 0 Å². The van der Waals surface area contributed by atoms with Crippen LogP contribution >= 0.6 is 0 Å². The minimum absolute atomic E-state index is 0.0686. The molecule has 0 aliphatic rings. The molecule has 0 aliphatic carbocycles. The summed E-state index contributed by atoms with van der Waals surface area (Å²) in [5, 5.41) is 8.59. The van der Waals surface area contributed by atoms with Gasteiger partial charge in [-0.15, -0.1) is 0 Å². The number of aliphatic hydroxyl groups excluding tert-OH is 1. The molecule has 0 radical (unpaired) electrons. The van der Waals surface area contributed by atoms with E-state index < -0.39 is 6.67 Å². The highest BCUT2D eigenvalue weighted by Crippen LogP contribution is 2.10. The fourth-order valence-electron chi connectivity index (χ4n) is 0.852. The summed E-state index contributed by atoms with van der Waals surface area (Å²) in [6.07, 6.45) is 0.684. The number of aliphatic hydroxyl groups is 1. The first-order chi connectivity index (χ1) is 4.74. The highest BCUT2D eigenvalue weighted by molar-refractivity contribution is 4.61. The maximum atomic E-state index is 12.0. The van der Waals surface area contributed by atoms with E-state index in [-0.39, 0.29) is 12.5 Å². The second-order valence-electron chi connectivity index (χ2n) is 2.78. The van der Waals surface area contributed by atoms with E-state index >= 15 is 0 Å². The van der Waals surface area contributed by atoms with E-state index in [9.17, 15) is 4.39 Å². The molecule has 0 saturated carbocycles. The zero-order valence-electron chi connectivity index (χ0n) is 6.39. The van der Waals surface area contributed by atoms with Crippen molar-refractivity contribution in [3.8, 4) is 0 Å². The number of alkyl halides is 1. The molecule has 0 spiro atoms. The van der Waals surface area contributed by atoms with Crippen molar-refractivity contribution in [2.75, 3.05) is 19.8 Å². The van der Waals surface area contributed by atoms with Crippen LogP contribution in [0.2, 0.25) is 0 Å². The Morgan fingerprint density at radius 3 is 2.50 bits per heavy atom. The predicted molar refractivity (Wildman–Crippen MR) is 39.4 cm³/mol. The number of rotatable bonds is 5. The van der Waals surface area contributed by atoms with Gasteiger partial charge >= 0.3 is 0 Å². The van der Waals surface area contributed by atoms with E-state index in [1.807, 2.05) is 6.92 Å². The monoisotopic (exact) mass is 149 g/mol. The lowest BCUT2D eigenvalue weighted by Crippen LogP contribution is -2.18. The Balaban J connectivity index is 3.41. The van der Waals surface area contributed by atoms with Crippen LogP contribution in [0.25, 0.3) is 0 Å². The summed E-state index contributed by atoms with van der Waals surface area (Å²) >= 11 is 0. The first-order valence-corrected chi connectivity index (χ1v) is 3.61. The predicted octanol–water partition coefficient (Wildman–Crippen LogP) is 0.549. The highest BCUT2D eigenvalue weighted by Gasteiger charge is 2.10. The molecule has 2 nitrogen and oxygen atoms in total. The lowest BCUT2D eigenvalue weighted by molar-refractivity contribution is 0.176. The molecule has 0 bridgehead atoms. The van der Waals surface area contributed by atoms with Crippen LogP contribution in [-0.4, -0.2) is 24.9 Å². The summed E-state index contributed by atoms with van der Waals surface area (Å²) in [4.78, 5) is 0. The standard InChI is InChI=1S/C7H16FNO/c1-6(4-9)2-7(3-8)5-10/h6-7,10H,2-5,9H2,1H3. The van der Waals surface area contributed by atoms with Crippen LogP contribution < -0.4 is 5.73 Å².